The fourth-order valence-electron chi connectivity index (χ4n) is 3.38. The molecule has 0 radical (unpaired) electrons. The van der Waals surface area contributed by atoms with Crippen molar-refractivity contribution in [3.05, 3.63) is 76.3 Å². The lowest BCUT2D eigenvalue weighted by molar-refractivity contribution is -0.151. The second-order valence-corrected chi connectivity index (χ2v) is 6.97. The van der Waals surface area contributed by atoms with Crippen LogP contribution in [0.5, 0.6) is 0 Å². The summed E-state index contributed by atoms with van der Waals surface area (Å²) in [6, 6.07) is 15.4. The van der Waals surface area contributed by atoms with E-state index in [1.165, 1.54) is 0 Å². The summed E-state index contributed by atoms with van der Waals surface area (Å²) in [4.78, 5) is 25.3. The van der Waals surface area contributed by atoms with Gasteiger partial charge in [-0.2, -0.15) is 0 Å². The van der Waals surface area contributed by atoms with Crippen molar-refractivity contribution in [2.45, 2.75) is 26.2 Å². The number of esters is 1. The van der Waals surface area contributed by atoms with Crippen LogP contribution in [-0.4, -0.2) is 18.4 Å². The molecule has 2 aromatic rings. The van der Waals surface area contributed by atoms with Crippen LogP contribution in [0.15, 0.2) is 54.6 Å². The Morgan fingerprint density at radius 1 is 1.12 bits per heavy atom. The van der Waals surface area contributed by atoms with Crippen molar-refractivity contribution in [2.24, 2.45) is 5.92 Å². The summed E-state index contributed by atoms with van der Waals surface area (Å²) in [5, 5.41) is 0.623. The highest BCUT2D eigenvalue weighted by molar-refractivity contribution is 6.30. The van der Waals surface area contributed by atoms with E-state index < -0.39 is 11.9 Å². The van der Waals surface area contributed by atoms with Crippen molar-refractivity contribution < 1.29 is 14.3 Å². The molecule has 134 valence electrons. The van der Waals surface area contributed by atoms with Crippen molar-refractivity contribution in [2.75, 3.05) is 6.61 Å². The lowest BCUT2D eigenvalue weighted by atomic mass is 9.73. The van der Waals surface area contributed by atoms with Crippen molar-refractivity contribution in [3.8, 4) is 0 Å². The maximum atomic E-state index is 12.8. The topological polar surface area (TPSA) is 43.4 Å². The molecule has 0 heterocycles. The van der Waals surface area contributed by atoms with Crippen LogP contribution in [0.1, 0.15) is 36.0 Å². The third-order valence-electron chi connectivity index (χ3n) is 4.73. The molecular formula is C22H21ClO3. The van der Waals surface area contributed by atoms with Crippen LogP contribution in [0.3, 0.4) is 0 Å². The summed E-state index contributed by atoms with van der Waals surface area (Å²) in [6.45, 7) is 4.03. The van der Waals surface area contributed by atoms with E-state index in [0.29, 0.717) is 11.4 Å². The Labute approximate surface area is 158 Å². The summed E-state index contributed by atoms with van der Waals surface area (Å²) in [5.41, 5.74) is 4.02. The van der Waals surface area contributed by atoms with Crippen LogP contribution in [0.25, 0.3) is 5.57 Å². The molecule has 2 atom stereocenters. The predicted octanol–water partition coefficient (Wildman–Crippen LogP) is 4.97. The third kappa shape index (κ3) is 3.88. The van der Waals surface area contributed by atoms with Gasteiger partial charge >= 0.3 is 5.97 Å². The molecule has 0 N–H and O–H groups in total. The summed E-state index contributed by atoms with van der Waals surface area (Å²) >= 11 is 6.00. The number of rotatable bonds is 4. The van der Waals surface area contributed by atoms with Crippen LogP contribution in [0, 0.1) is 12.8 Å². The normalized spacial score (nSPS) is 19.8. The first-order chi connectivity index (χ1) is 12.5. The zero-order valence-corrected chi connectivity index (χ0v) is 15.6. The van der Waals surface area contributed by atoms with Gasteiger partial charge in [0.1, 0.15) is 5.92 Å². The van der Waals surface area contributed by atoms with Gasteiger partial charge in [0.2, 0.25) is 0 Å². The minimum absolute atomic E-state index is 0.203. The molecule has 0 amide bonds. The van der Waals surface area contributed by atoms with Crippen molar-refractivity contribution in [1.82, 2.24) is 0 Å². The first kappa shape index (κ1) is 18.4. The highest BCUT2D eigenvalue weighted by Crippen LogP contribution is 2.40. The molecule has 0 fully saturated rings. The zero-order valence-electron chi connectivity index (χ0n) is 14.9. The smallest absolute Gasteiger partial charge is 0.317 e. The largest absolute Gasteiger partial charge is 0.465 e. The molecule has 3 rings (SSSR count). The van der Waals surface area contributed by atoms with Gasteiger partial charge in [0.25, 0.3) is 0 Å². The molecule has 3 nitrogen and oxygen atoms in total. The first-order valence-corrected chi connectivity index (χ1v) is 9.11. The number of ether oxygens (including phenoxy) is 1. The van der Waals surface area contributed by atoms with E-state index in [1.807, 2.05) is 43.3 Å². The minimum atomic E-state index is -0.815. The number of carbonyl (C=O) groups excluding carboxylic acids is 2. The molecule has 4 heteroatoms. The average Bonchev–Trinajstić information content (AvgIpc) is 2.62. The second-order valence-electron chi connectivity index (χ2n) is 6.53. The molecule has 2 unspecified atom stereocenters. The number of benzene rings is 2. The quantitative estimate of drug-likeness (QED) is 0.565. The standard InChI is InChI=1S/C22H21ClO3/c1-3-26-22(25)21-19(16-8-10-18(23)11-9-16)12-17(13-20(21)24)15-6-4-14(2)5-7-15/h4-11,13,19,21H,3,12H2,1-2H3. The van der Waals surface area contributed by atoms with E-state index >= 15 is 0 Å². The fraction of sp³-hybridized carbons (Fsp3) is 0.273. The van der Waals surface area contributed by atoms with Gasteiger partial charge < -0.3 is 4.74 Å². The van der Waals surface area contributed by atoms with Gasteiger partial charge in [-0.25, -0.2) is 0 Å². The molecular weight excluding hydrogens is 348 g/mol. The Morgan fingerprint density at radius 2 is 1.77 bits per heavy atom. The highest BCUT2D eigenvalue weighted by atomic mass is 35.5. The summed E-state index contributed by atoms with van der Waals surface area (Å²) in [7, 11) is 0. The molecule has 0 saturated carbocycles. The Hall–Kier alpha value is -2.39. The van der Waals surface area contributed by atoms with Crippen LogP contribution < -0.4 is 0 Å². The lowest BCUT2D eigenvalue weighted by Gasteiger charge is -2.29. The Kier molecular flexibility index (Phi) is 5.58. The van der Waals surface area contributed by atoms with E-state index in [1.54, 1.807) is 25.1 Å². The van der Waals surface area contributed by atoms with Gasteiger partial charge in [-0.15, -0.1) is 0 Å². The zero-order chi connectivity index (χ0) is 18.7. The molecule has 0 bridgehead atoms. The summed E-state index contributed by atoms with van der Waals surface area (Å²) < 4.78 is 5.17. The molecule has 1 aliphatic rings. The monoisotopic (exact) mass is 368 g/mol. The molecule has 0 spiro atoms. The number of hydrogen-bond donors (Lipinski definition) is 0. The Bertz CT molecular complexity index is 835. The van der Waals surface area contributed by atoms with E-state index in [2.05, 4.69) is 0 Å². The van der Waals surface area contributed by atoms with Gasteiger partial charge in [0.05, 0.1) is 6.61 Å². The number of aryl methyl sites for hydroxylation is 1. The Balaban J connectivity index is 2.01. The maximum absolute atomic E-state index is 12.8. The number of halogens is 1. The average molecular weight is 369 g/mol. The minimum Gasteiger partial charge on any atom is -0.465 e. The number of ketones is 1. The molecule has 26 heavy (non-hydrogen) atoms. The van der Waals surface area contributed by atoms with Gasteiger partial charge in [0, 0.05) is 10.9 Å². The van der Waals surface area contributed by atoms with Crippen molar-refractivity contribution in [1.29, 1.82) is 0 Å². The summed E-state index contributed by atoms with van der Waals surface area (Å²) in [6.07, 6.45) is 2.19. The van der Waals surface area contributed by atoms with Gasteiger partial charge in [-0.05, 0) is 55.2 Å². The second kappa shape index (κ2) is 7.88. The SMILES string of the molecule is CCOC(=O)C1C(=O)C=C(c2ccc(C)cc2)CC1c1ccc(Cl)cc1. The summed E-state index contributed by atoms with van der Waals surface area (Å²) in [5.74, 6) is -1.74. The molecule has 0 saturated heterocycles. The molecule has 0 aromatic heterocycles. The number of hydrogen-bond acceptors (Lipinski definition) is 3. The molecule has 0 aliphatic heterocycles. The molecule has 2 aromatic carbocycles. The lowest BCUT2D eigenvalue weighted by Crippen LogP contribution is -2.34. The highest BCUT2D eigenvalue weighted by Gasteiger charge is 2.39. The van der Waals surface area contributed by atoms with E-state index in [0.717, 1.165) is 22.3 Å². The van der Waals surface area contributed by atoms with E-state index in [9.17, 15) is 9.59 Å². The third-order valence-corrected chi connectivity index (χ3v) is 4.98. The maximum Gasteiger partial charge on any atom is 0.317 e. The van der Waals surface area contributed by atoms with Crippen LogP contribution in [0.4, 0.5) is 0 Å². The van der Waals surface area contributed by atoms with Gasteiger partial charge in [-0.1, -0.05) is 53.6 Å². The first-order valence-electron chi connectivity index (χ1n) is 8.73. The van der Waals surface area contributed by atoms with E-state index in [-0.39, 0.29) is 18.3 Å². The number of allylic oxidation sites excluding steroid dienone is 2. The van der Waals surface area contributed by atoms with Crippen LogP contribution in [0.2, 0.25) is 5.02 Å². The fourth-order valence-corrected chi connectivity index (χ4v) is 3.50. The molecule has 1 aliphatic carbocycles. The van der Waals surface area contributed by atoms with Gasteiger partial charge in [-0.3, -0.25) is 9.59 Å². The van der Waals surface area contributed by atoms with Crippen LogP contribution >= 0.6 is 11.6 Å². The van der Waals surface area contributed by atoms with Crippen LogP contribution in [-0.2, 0) is 14.3 Å². The predicted molar refractivity (Wildman–Crippen MR) is 103 cm³/mol. The Morgan fingerprint density at radius 3 is 2.38 bits per heavy atom. The van der Waals surface area contributed by atoms with E-state index in [4.69, 9.17) is 16.3 Å². The van der Waals surface area contributed by atoms with Gasteiger partial charge in [0.15, 0.2) is 5.78 Å². The number of carbonyl (C=O) groups is 2. The van der Waals surface area contributed by atoms with Crippen molar-refractivity contribution in [3.63, 3.8) is 0 Å². The van der Waals surface area contributed by atoms with Crippen molar-refractivity contribution >= 4 is 28.9 Å².